The van der Waals surface area contributed by atoms with Crippen LogP contribution in [0.15, 0.2) is 0 Å². The maximum absolute atomic E-state index is 11.7. The number of hydrogen-bond donors (Lipinski definition) is 0. The summed E-state index contributed by atoms with van der Waals surface area (Å²) in [5, 5.41) is 0. The predicted octanol–water partition coefficient (Wildman–Crippen LogP) is 1.12. The average molecular weight is 220 g/mol. The summed E-state index contributed by atoms with van der Waals surface area (Å²) in [5.41, 5.74) is 8.07. The standard InChI is InChI=1S/C7H13N2O4P/c1-3-12-14(11,13-4-2)6-7(10)5-9-8/h5H,3-4,6H2,1-2H3. The number of carbonyl (C=O) groups excluding carboxylic acids is 1. The molecule has 0 saturated carbocycles. The number of nitrogens with zero attached hydrogens (tertiary/aromatic N) is 2. The molecule has 0 bridgehead atoms. The summed E-state index contributed by atoms with van der Waals surface area (Å²) >= 11 is 0. The molecule has 0 spiro atoms. The lowest BCUT2D eigenvalue weighted by Gasteiger charge is -2.14. The molecule has 0 heterocycles. The highest BCUT2D eigenvalue weighted by Crippen LogP contribution is 2.47. The third-order valence-corrected chi connectivity index (χ3v) is 3.20. The van der Waals surface area contributed by atoms with Gasteiger partial charge in [-0.25, -0.2) is 0 Å². The fraction of sp³-hybridized carbons (Fsp3) is 0.714. The molecule has 0 amide bonds. The molecule has 0 aliphatic rings. The van der Waals surface area contributed by atoms with Crippen molar-refractivity contribution in [2.24, 2.45) is 0 Å². The Morgan fingerprint density at radius 1 is 1.43 bits per heavy atom. The largest absolute Gasteiger partial charge is 0.361 e. The summed E-state index contributed by atoms with van der Waals surface area (Å²) in [4.78, 5) is 13.5. The molecule has 0 unspecified atom stereocenters. The third-order valence-electron chi connectivity index (χ3n) is 1.20. The van der Waals surface area contributed by atoms with Crippen LogP contribution < -0.4 is 0 Å². The summed E-state index contributed by atoms with van der Waals surface area (Å²) in [5.74, 6) is -0.599. The monoisotopic (exact) mass is 220 g/mol. The van der Waals surface area contributed by atoms with Crippen LogP contribution in [-0.4, -0.2) is 36.2 Å². The third kappa shape index (κ3) is 5.04. The van der Waals surface area contributed by atoms with Gasteiger partial charge in [-0.1, -0.05) is 0 Å². The minimum Gasteiger partial charge on any atom is -0.361 e. The molecule has 14 heavy (non-hydrogen) atoms. The zero-order valence-corrected chi connectivity index (χ0v) is 9.07. The van der Waals surface area contributed by atoms with Gasteiger partial charge in [0.2, 0.25) is 5.78 Å². The van der Waals surface area contributed by atoms with Gasteiger partial charge in [0.25, 0.3) is 0 Å². The van der Waals surface area contributed by atoms with Crippen molar-refractivity contribution < 1.29 is 23.2 Å². The Morgan fingerprint density at radius 3 is 2.29 bits per heavy atom. The highest BCUT2D eigenvalue weighted by molar-refractivity contribution is 7.55. The lowest BCUT2D eigenvalue weighted by atomic mass is 10.5. The topological polar surface area (TPSA) is 89.0 Å². The molecule has 0 saturated heterocycles. The van der Waals surface area contributed by atoms with Gasteiger partial charge in [0, 0.05) is 0 Å². The first kappa shape index (κ1) is 13.2. The van der Waals surface area contributed by atoms with Gasteiger partial charge in [0.1, 0.15) is 6.16 Å². The normalized spacial score (nSPS) is 10.7. The molecule has 0 fully saturated rings. The molecule has 0 rings (SSSR count). The Hall–Kier alpha value is -0.800. The van der Waals surface area contributed by atoms with Gasteiger partial charge in [-0.2, -0.15) is 4.79 Å². The van der Waals surface area contributed by atoms with Crippen molar-refractivity contribution in [3.63, 3.8) is 0 Å². The van der Waals surface area contributed by atoms with Gasteiger partial charge < -0.3 is 14.6 Å². The number of Topliss-reactive ketones (excluding diaryl/α,β-unsaturated/α-hetero) is 1. The van der Waals surface area contributed by atoms with Gasteiger partial charge in [-0.15, -0.1) is 0 Å². The SMILES string of the molecule is CCOP(=O)(CC(=O)C=[N+]=[N-])OCC. The van der Waals surface area contributed by atoms with E-state index in [0.29, 0.717) is 6.21 Å². The van der Waals surface area contributed by atoms with Crippen LogP contribution in [0.5, 0.6) is 0 Å². The molecular weight excluding hydrogens is 207 g/mol. The van der Waals surface area contributed by atoms with Crippen LogP contribution in [0.25, 0.3) is 5.53 Å². The fourth-order valence-electron chi connectivity index (χ4n) is 0.818. The highest BCUT2D eigenvalue weighted by Gasteiger charge is 2.28. The Kier molecular flexibility index (Phi) is 6.25. The van der Waals surface area contributed by atoms with Gasteiger partial charge in [-0.05, 0) is 13.8 Å². The molecule has 0 radical (unpaired) electrons. The molecule has 0 aromatic heterocycles. The van der Waals surface area contributed by atoms with Crippen LogP contribution in [0, 0.1) is 0 Å². The summed E-state index contributed by atoms with van der Waals surface area (Å²) in [6, 6.07) is 0. The van der Waals surface area contributed by atoms with Gasteiger partial charge >= 0.3 is 13.8 Å². The van der Waals surface area contributed by atoms with E-state index >= 15 is 0 Å². The molecule has 0 aliphatic heterocycles. The quantitative estimate of drug-likeness (QED) is 0.278. The van der Waals surface area contributed by atoms with Crippen LogP contribution in [0.4, 0.5) is 0 Å². The smallest absolute Gasteiger partial charge is 0.338 e. The zero-order chi connectivity index (χ0) is 11.0. The van der Waals surface area contributed by atoms with E-state index in [-0.39, 0.29) is 13.2 Å². The maximum Gasteiger partial charge on any atom is 0.338 e. The van der Waals surface area contributed by atoms with Crippen molar-refractivity contribution >= 4 is 19.6 Å². The fourth-order valence-corrected chi connectivity index (χ4v) is 2.33. The van der Waals surface area contributed by atoms with Crippen molar-refractivity contribution in [1.29, 1.82) is 0 Å². The van der Waals surface area contributed by atoms with Crippen molar-refractivity contribution in [1.82, 2.24) is 0 Å². The Labute approximate surface area is 82.4 Å². The first-order chi connectivity index (χ1) is 6.58. The molecule has 0 N–H and O–H groups in total. The van der Waals surface area contributed by atoms with Crippen molar-refractivity contribution in [3.05, 3.63) is 5.53 Å². The van der Waals surface area contributed by atoms with Crippen LogP contribution >= 0.6 is 7.60 Å². The summed E-state index contributed by atoms with van der Waals surface area (Å²) in [6.45, 7) is 3.69. The molecular formula is C7H13N2O4P. The molecule has 0 aliphatic carbocycles. The first-order valence-electron chi connectivity index (χ1n) is 4.16. The predicted molar refractivity (Wildman–Crippen MR) is 50.4 cm³/mol. The van der Waals surface area contributed by atoms with Crippen LogP contribution in [-0.2, 0) is 18.4 Å². The second-order valence-electron chi connectivity index (χ2n) is 2.32. The maximum atomic E-state index is 11.7. The van der Waals surface area contributed by atoms with E-state index in [0.717, 1.165) is 0 Å². The van der Waals surface area contributed by atoms with Gasteiger partial charge in [0.05, 0.1) is 13.2 Å². The first-order valence-corrected chi connectivity index (χ1v) is 5.89. The summed E-state index contributed by atoms with van der Waals surface area (Å²) < 4.78 is 21.4. The van der Waals surface area contributed by atoms with E-state index in [1.807, 2.05) is 0 Å². The molecule has 0 aromatic rings. The second-order valence-corrected chi connectivity index (χ2v) is 4.37. The van der Waals surface area contributed by atoms with Crippen molar-refractivity contribution in [3.8, 4) is 0 Å². The minimum atomic E-state index is -3.36. The van der Waals surface area contributed by atoms with Crippen LogP contribution in [0.1, 0.15) is 13.8 Å². The molecule has 0 aromatic carbocycles. The van der Waals surface area contributed by atoms with E-state index in [9.17, 15) is 9.36 Å². The summed E-state index contributed by atoms with van der Waals surface area (Å²) in [6.07, 6.45) is 0.267. The molecule has 80 valence electrons. The number of hydrogen-bond acceptors (Lipinski definition) is 4. The lowest BCUT2D eigenvalue weighted by molar-refractivity contribution is -0.114. The van der Waals surface area contributed by atoms with E-state index in [2.05, 4.69) is 4.79 Å². The number of ketones is 1. The molecule has 7 heteroatoms. The van der Waals surface area contributed by atoms with Crippen molar-refractivity contribution in [2.75, 3.05) is 19.4 Å². The van der Waals surface area contributed by atoms with Gasteiger partial charge in [0.15, 0.2) is 0 Å². The number of carbonyl (C=O) groups is 1. The minimum absolute atomic E-state index is 0.195. The summed E-state index contributed by atoms with van der Waals surface area (Å²) in [7, 11) is -3.36. The Bertz CT molecular complexity index is 275. The van der Waals surface area contributed by atoms with Crippen LogP contribution in [0.2, 0.25) is 0 Å². The second kappa shape index (κ2) is 6.62. The molecule has 0 atom stereocenters. The average Bonchev–Trinajstić information content (AvgIpc) is 2.04. The van der Waals surface area contributed by atoms with Crippen LogP contribution in [0.3, 0.4) is 0 Å². The van der Waals surface area contributed by atoms with Gasteiger partial charge in [-0.3, -0.25) is 9.36 Å². The Balaban J connectivity index is 4.43. The van der Waals surface area contributed by atoms with E-state index in [1.165, 1.54) is 0 Å². The van der Waals surface area contributed by atoms with E-state index in [4.69, 9.17) is 14.6 Å². The Morgan fingerprint density at radius 2 is 1.93 bits per heavy atom. The highest BCUT2D eigenvalue weighted by atomic mass is 31.2. The zero-order valence-electron chi connectivity index (χ0n) is 8.17. The molecule has 6 nitrogen and oxygen atoms in total. The van der Waals surface area contributed by atoms with Crippen molar-refractivity contribution in [2.45, 2.75) is 13.8 Å². The van der Waals surface area contributed by atoms with E-state index < -0.39 is 19.5 Å². The lowest BCUT2D eigenvalue weighted by Crippen LogP contribution is -2.11. The van der Waals surface area contributed by atoms with E-state index in [1.54, 1.807) is 13.8 Å². The number of rotatable bonds is 7.